The summed E-state index contributed by atoms with van der Waals surface area (Å²) in [6.45, 7) is 3.73. The molecule has 0 heterocycles. The molecule has 0 aliphatic rings. The fraction of sp³-hybridized carbons (Fsp3) is 0.300. The summed E-state index contributed by atoms with van der Waals surface area (Å²) in [7, 11) is -4.11. The van der Waals surface area contributed by atoms with Crippen LogP contribution in [0.1, 0.15) is 40.7 Å². The van der Waals surface area contributed by atoms with E-state index in [0.717, 1.165) is 16.8 Å². The normalized spacial score (nSPS) is 12.2. The van der Waals surface area contributed by atoms with Crippen molar-refractivity contribution in [1.29, 1.82) is 0 Å². The molecule has 2 rings (SSSR count). The Morgan fingerprint density at radius 2 is 1.64 bits per heavy atom. The van der Waals surface area contributed by atoms with Crippen molar-refractivity contribution in [3.05, 3.63) is 65.2 Å². The standard InChI is InChI=1S/C20H24N2O5S/c1-14-3-9-18(10-4-14)22-19(23)13-15(2)16-5-7-17(8-6-16)20(24)21-11-12-28(25,26)27/h3-10,15H,11-13H2,1-2H3,(H,21,24)(H,22,23)(H,25,26,27). The lowest BCUT2D eigenvalue weighted by atomic mass is 9.96. The fourth-order valence-electron chi connectivity index (χ4n) is 2.60. The first kappa shape index (κ1) is 21.6. The summed E-state index contributed by atoms with van der Waals surface area (Å²) >= 11 is 0. The van der Waals surface area contributed by atoms with Crippen LogP contribution in [-0.4, -0.2) is 37.1 Å². The van der Waals surface area contributed by atoms with Gasteiger partial charge in [-0.3, -0.25) is 14.1 Å². The molecule has 0 saturated carbocycles. The summed E-state index contributed by atoms with van der Waals surface area (Å²) in [5.41, 5.74) is 3.15. The first-order valence-electron chi connectivity index (χ1n) is 8.84. The van der Waals surface area contributed by atoms with Crippen LogP contribution in [0.2, 0.25) is 0 Å². The molecule has 0 fully saturated rings. The summed E-state index contributed by atoms with van der Waals surface area (Å²) in [6.07, 6.45) is 0.299. The SMILES string of the molecule is Cc1ccc(NC(=O)CC(C)c2ccc(C(=O)NCCS(=O)(=O)O)cc2)cc1. The van der Waals surface area contributed by atoms with Crippen molar-refractivity contribution in [2.24, 2.45) is 0 Å². The van der Waals surface area contributed by atoms with Gasteiger partial charge in [-0.05, 0) is 42.7 Å². The lowest BCUT2D eigenvalue weighted by Crippen LogP contribution is -2.28. The second kappa shape index (κ2) is 9.48. The molecule has 0 spiro atoms. The van der Waals surface area contributed by atoms with Gasteiger partial charge in [-0.1, -0.05) is 36.8 Å². The van der Waals surface area contributed by atoms with Crippen LogP contribution >= 0.6 is 0 Å². The quantitative estimate of drug-likeness (QED) is 0.586. The first-order valence-corrected chi connectivity index (χ1v) is 10.4. The molecule has 28 heavy (non-hydrogen) atoms. The molecule has 2 aromatic rings. The highest BCUT2D eigenvalue weighted by Crippen LogP contribution is 2.20. The Morgan fingerprint density at radius 1 is 1.04 bits per heavy atom. The van der Waals surface area contributed by atoms with Crippen LogP contribution in [0.5, 0.6) is 0 Å². The maximum Gasteiger partial charge on any atom is 0.266 e. The number of benzene rings is 2. The van der Waals surface area contributed by atoms with E-state index in [1.54, 1.807) is 24.3 Å². The van der Waals surface area contributed by atoms with Crippen molar-refractivity contribution in [3.63, 3.8) is 0 Å². The predicted octanol–water partition coefficient (Wildman–Crippen LogP) is 2.74. The van der Waals surface area contributed by atoms with E-state index in [1.165, 1.54) is 0 Å². The van der Waals surface area contributed by atoms with Gasteiger partial charge in [-0.2, -0.15) is 8.42 Å². The molecule has 7 nitrogen and oxygen atoms in total. The zero-order chi connectivity index (χ0) is 20.7. The van der Waals surface area contributed by atoms with E-state index in [2.05, 4.69) is 10.6 Å². The molecule has 0 aliphatic heterocycles. The van der Waals surface area contributed by atoms with Crippen LogP contribution in [0.15, 0.2) is 48.5 Å². The topological polar surface area (TPSA) is 113 Å². The Bertz CT molecular complexity index is 922. The van der Waals surface area contributed by atoms with Crippen molar-refractivity contribution >= 4 is 27.6 Å². The monoisotopic (exact) mass is 404 g/mol. The third-order valence-corrected chi connectivity index (χ3v) is 4.93. The van der Waals surface area contributed by atoms with Gasteiger partial charge in [-0.25, -0.2) is 0 Å². The number of nitrogens with one attached hydrogen (secondary N) is 2. The summed E-state index contributed by atoms with van der Waals surface area (Å²) < 4.78 is 30.0. The molecule has 8 heteroatoms. The molecule has 1 unspecified atom stereocenters. The van der Waals surface area contributed by atoms with E-state index in [0.29, 0.717) is 12.0 Å². The van der Waals surface area contributed by atoms with E-state index < -0.39 is 21.8 Å². The van der Waals surface area contributed by atoms with Gasteiger partial charge in [0.15, 0.2) is 0 Å². The van der Waals surface area contributed by atoms with Gasteiger partial charge in [-0.15, -0.1) is 0 Å². The van der Waals surface area contributed by atoms with Crippen LogP contribution in [0.4, 0.5) is 5.69 Å². The summed E-state index contributed by atoms with van der Waals surface area (Å²) in [6, 6.07) is 14.3. The third kappa shape index (κ3) is 7.13. The Hall–Kier alpha value is -2.71. The van der Waals surface area contributed by atoms with E-state index in [4.69, 9.17) is 4.55 Å². The Balaban J connectivity index is 1.88. The zero-order valence-corrected chi connectivity index (χ0v) is 16.6. The minimum absolute atomic E-state index is 0.0397. The van der Waals surface area contributed by atoms with Gasteiger partial charge in [0, 0.05) is 24.2 Å². The van der Waals surface area contributed by atoms with Gasteiger partial charge in [0.2, 0.25) is 5.91 Å². The fourth-order valence-corrected chi connectivity index (χ4v) is 2.96. The third-order valence-electron chi connectivity index (χ3n) is 4.21. The van der Waals surface area contributed by atoms with Crippen molar-refractivity contribution in [2.75, 3.05) is 17.6 Å². The number of amides is 2. The second-order valence-electron chi connectivity index (χ2n) is 6.68. The van der Waals surface area contributed by atoms with Crippen LogP contribution < -0.4 is 10.6 Å². The molecule has 2 aromatic carbocycles. The van der Waals surface area contributed by atoms with Crippen molar-refractivity contribution in [3.8, 4) is 0 Å². The van der Waals surface area contributed by atoms with E-state index >= 15 is 0 Å². The number of hydrogen-bond acceptors (Lipinski definition) is 4. The van der Waals surface area contributed by atoms with Gasteiger partial charge in [0.25, 0.3) is 16.0 Å². The minimum Gasteiger partial charge on any atom is -0.351 e. The highest BCUT2D eigenvalue weighted by molar-refractivity contribution is 7.85. The highest BCUT2D eigenvalue weighted by atomic mass is 32.2. The Kier molecular flexibility index (Phi) is 7.31. The summed E-state index contributed by atoms with van der Waals surface area (Å²) in [4.78, 5) is 24.2. The Labute approximate surface area is 164 Å². The van der Waals surface area contributed by atoms with Gasteiger partial charge < -0.3 is 10.6 Å². The Morgan fingerprint density at radius 3 is 2.21 bits per heavy atom. The van der Waals surface area contributed by atoms with Crippen LogP contribution in [0.25, 0.3) is 0 Å². The molecular weight excluding hydrogens is 380 g/mol. The first-order chi connectivity index (χ1) is 13.1. The molecule has 3 N–H and O–H groups in total. The number of rotatable bonds is 8. The number of hydrogen-bond donors (Lipinski definition) is 3. The van der Waals surface area contributed by atoms with Crippen molar-refractivity contribution < 1.29 is 22.6 Å². The molecule has 0 aromatic heterocycles. The van der Waals surface area contributed by atoms with Crippen LogP contribution in [0.3, 0.4) is 0 Å². The highest BCUT2D eigenvalue weighted by Gasteiger charge is 2.13. The van der Waals surface area contributed by atoms with Crippen molar-refractivity contribution in [1.82, 2.24) is 5.32 Å². The van der Waals surface area contributed by atoms with Crippen LogP contribution in [0, 0.1) is 6.92 Å². The van der Waals surface area contributed by atoms with Crippen molar-refractivity contribution in [2.45, 2.75) is 26.2 Å². The second-order valence-corrected chi connectivity index (χ2v) is 8.26. The molecular formula is C20H24N2O5S. The van der Waals surface area contributed by atoms with Crippen LogP contribution in [-0.2, 0) is 14.9 Å². The molecule has 2 amide bonds. The summed E-state index contributed by atoms with van der Waals surface area (Å²) in [5, 5.41) is 5.29. The number of carbonyl (C=O) groups excluding carboxylic acids is 2. The molecule has 1 atom stereocenters. The average molecular weight is 404 g/mol. The number of carbonyl (C=O) groups is 2. The molecule has 0 bridgehead atoms. The van der Waals surface area contributed by atoms with E-state index in [1.807, 2.05) is 38.1 Å². The predicted molar refractivity (Wildman–Crippen MR) is 108 cm³/mol. The largest absolute Gasteiger partial charge is 0.351 e. The smallest absolute Gasteiger partial charge is 0.266 e. The summed E-state index contributed by atoms with van der Waals surface area (Å²) in [5.74, 6) is -1.10. The van der Waals surface area contributed by atoms with E-state index in [-0.39, 0.29) is 18.4 Å². The average Bonchev–Trinajstić information content (AvgIpc) is 2.62. The lowest BCUT2D eigenvalue weighted by Gasteiger charge is -2.13. The molecule has 150 valence electrons. The zero-order valence-electron chi connectivity index (χ0n) is 15.8. The number of aryl methyl sites for hydroxylation is 1. The van der Waals surface area contributed by atoms with Gasteiger partial charge >= 0.3 is 0 Å². The molecule has 0 saturated heterocycles. The molecule has 0 aliphatic carbocycles. The van der Waals surface area contributed by atoms with E-state index in [9.17, 15) is 18.0 Å². The molecule has 0 radical (unpaired) electrons. The lowest BCUT2D eigenvalue weighted by molar-refractivity contribution is -0.116. The van der Waals surface area contributed by atoms with Gasteiger partial charge in [0.1, 0.15) is 0 Å². The minimum atomic E-state index is -4.11. The number of anilines is 1. The maximum atomic E-state index is 12.2. The maximum absolute atomic E-state index is 12.2. The van der Waals surface area contributed by atoms with Gasteiger partial charge in [0.05, 0.1) is 5.75 Å².